The van der Waals surface area contributed by atoms with E-state index in [1.165, 1.54) is 12.3 Å². The molecule has 0 saturated carbocycles. The molecule has 0 bridgehead atoms. The van der Waals surface area contributed by atoms with Crippen LogP contribution in [0.2, 0.25) is 0 Å². The van der Waals surface area contributed by atoms with Gasteiger partial charge in [0.2, 0.25) is 11.7 Å². The minimum Gasteiger partial charge on any atom is -0.364 e. The maximum atomic E-state index is 11.2. The van der Waals surface area contributed by atoms with Crippen molar-refractivity contribution in [3.8, 4) is 0 Å². The molecule has 1 aromatic heterocycles. The molecule has 8 heteroatoms. The monoisotopic (exact) mass is 342 g/mol. The van der Waals surface area contributed by atoms with Gasteiger partial charge in [0.1, 0.15) is 0 Å². The lowest BCUT2D eigenvalue weighted by Gasteiger charge is -2.14. The largest absolute Gasteiger partial charge is 0.364 e. The van der Waals surface area contributed by atoms with Gasteiger partial charge in [0, 0.05) is 43.3 Å². The number of likely N-dealkylation sites (tertiary alicyclic amines) is 1. The number of aromatic nitrogens is 1. The van der Waals surface area contributed by atoms with Crippen LogP contribution in [0, 0.1) is 16.0 Å². The summed E-state index contributed by atoms with van der Waals surface area (Å²) in [5.74, 6) is 0.628. The van der Waals surface area contributed by atoms with Gasteiger partial charge in [-0.1, -0.05) is 0 Å². The van der Waals surface area contributed by atoms with Crippen LogP contribution < -0.4 is 5.32 Å². The summed E-state index contributed by atoms with van der Waals surface area (Å²) in [4.78, 5) is 27.6. The van der Waals surface area contributed by atoms with Gasteiger partial charge in [-0.25, -0.2) is 4.98 Å². The van der Waals surface area contributed by atoms with Crippen LogP contribution in [-0.2, 0) is 4.79 Å². The highest BCUT2D eigenvalue weighted by Gasteiger charge is 2.25. The molecule has 0 aliphatic carbocycles. The highest BCUT2D eigenvalue weighted by Crippen LogP contribution is 2.26. The second kappa shape index (κ2) is 6.17. The first kappa shape index (κ1) is 14.7. The van der Waals surface area contributed by atoms with Gasteiger partial charge in [0.05, 0.1) is 4.92 Å². The van der Waals surface area contributed by atoms with Crippen molar-refractivity contribution in [3.05, 3.63) is 26.9 Å². The Balaban J connectivity index is 1.98. The van der Waals surface area contributed by atoms with Crippen molar-refractivity contribution < 1.29 is 9.72 Å². The SMILES string of the molecule is CC(=O)N1CC[C@@H](CNc2ncc(Br)cc2[N+](=O)[O-])C1. The molecule has 108 valence electrons. The van der Waals surface area contributed by atoms with Crippen LogP contribution in [0.25, 0.3) is 0 Å². The topological polar surface area (TPSA) is 88.4 Å². The van der Waals surface area contributed by atoms with Crippen molar-refractivity contribution in [2.24, 2.45) is 5.92 Å². The van der Waals surface area contributed by atoms with Crippen LogP contribution in [0.4, 0.5) is 11.5 Å². The minimum absolute atomic E-state index is 0.0548. The summed E-state index contributed by atoms with van der Waals surface area (Å²) < 4.78 is 0.568. The third-order valence-corrected chi connectivity index (χ3v) is 3.75. The Kier molecular flexibility index (Phi) is 4.53. The predicted octanol–water partition coefficient (Wildman–Crippen LogP) is 2.03. The van der Waals surface area contributed by atoms with Gasteiger partial charge >= 0.3 is 5.69 Å². The van der Waals surface area contributed by atoms with Crippen LogP contribution in [0.1, 0.15) is 13.3 Å². The summed E-state index contributed by atoms with van der Waals surface area (Å²) in [7, 11) is 0. The van der Waals surface area contributed by atoms with Crippen LogP contribution >= 0.6 is 15.9 Å². The normalized spacial score (nSPS) is 18.1. The van der Waals surface area contributed by atoms with Crippen molar-refractivity contribution in [1.29, 1.82) is 0 Å². The van der Waals surface area contributed by atoms with Crippen LogP contribution in [0.15, 0.2) is 16.7 Å². The average molecular weight is 343 g/mol. The van der Waals surface area contributed by atoms with E-state index < -0.39 is 4.92 Å². The quantitative estimate of drug-likeness (QED) is 0.668. The molecule has 20 heavy (non-hydrogen) atoms. The Morgan fingerprint density at radius 3 is 3.05 bits per heavy atom. The fourth-order valence-corrected chi connectivity index (χ4v) is 2.55. The number of anilines is 1. The molecule has 0 unspecified atom stereocenters. The second-order valence-corrected chi connectivity index (χ2v) is 5.69. The van der Waals surface area contributed by atoms with E-state index in [4.69, 9.17) is 0 Å². The summed E-state index contributed by atoms with van der Waals surface area (Å²) in [5, 5.41) is 14.0. The molecule has 1 amide bonds. The molecular formula is C12H15BrN4O3. The molecule has 7 nitrogen and oxygen atoms in total. The summed E-state index contributed by atoms with van der Waals surface area (Å²) in [5.41, 5.74) is -0.0548. The van der Waals surface area contributed by atoms with E-state index in [2.05, 4.69) is 26.2 Å². The standard InChI is InChI=1S/C12H15BrN4O3/c1-8(18)16-3-2-9(7-16)5-14-12-11(17(19)20)4-10(13)6-15-12/h4,6,9H,2-3,5,7H2,1H3,(H,14,15)/t9-/m0/s1. The summed E-state index contributed by atoms with van der Waals surface area (Å²) in [6, 6.07) is 1.42. The Hall–Kier alpha value is -1.70. The Bertz CT molecular complexity index is 537. The second-order valence-electron chi connectivity index (χ2n) is 4.78. The fourth-order valence-electron chi connectivity index (χ4n) is 2.23. The van der Waals surface area contributed by atoms with Crippen molar-refractivity contribution in [2.45, 2.75) is 13.3 Å². The van der Waals surface area contributed by atoms with Crippen molar-refractivity contribution in [3.63, 3.8) is 0 Å². The lowest BCUT2D eigenvalue weighted by Crippen LogP contribution is -2.27. The molecule has 1 atom stereocenters. The summed E-state index contributed by atoms with van der Waals surface area (Å²) >= 11 is 3.17. The molecule has 2 heterocycles. The van der Waals surface area contributed by atoms with Crippen molar-refractivity contribution in [1.82, 2.24) is 9.88 Å². The third-order valence-electron chi connectivity index (χ3n) is 3.32. The molecule has 0 spiro atoms. The predicted molar refractivity (Wildman–Crippen MR) is 77.4 cm³/mol. The zero-order chi connectivity index (χ0) is 14.7. The molecule has 2 rings (SSSR count). The van der Waals surface area contributed by atoms with Gasteiger partial charge in [0.15, 0.2) is 0 Å². The number of carbonyl (C=O) groups excluding carboxylic acids is 1. The van der Waals surface area contributed by atoms with Crippen LogP contribution in [-0.4, -0.2) is 40.3 Å². The van der Waals surface area contributed by atoms with E-state index >= 15 is 0 Å². The summed E-state index contributed by atoms with van der Waals surface area (Å²) in [6.07, 6.45) is 2.42. The van der Waals surface area contributed by atoms with Crippen molar-refractivity contribution >= 4 is 33.3 Å². The number of nitrogens with one attached hydrogen (secondary N) is 1. The molecule has 1 aliphatic heterocycles. The van der Waals surface area contributed by atoms with E-state index in [1.54, 1.807) is 11.8 Å². The molecule has 1 fully saturated rings. The number of hydrogen-bond acceptors (Lipinski definition) is 5. The van der Waals surface area contributed by atoms with E-state index in [9.17, 15) is 14.9 Å². The van der Waals surface area contributed by atoms with E-state index in [0.29, 0.717) is 23.5 Å². The van der Waals surface area contributed by atoms with E-state index in [-0.39, 0.29) is 17.4 Å². The fraction of sp³-hybridized carbons (Fsp3) is 0.500. The van der Waals surface area contributed by atoms with Gasteiger partial charge in [-0.05, 0) is 28.3 Å². The molecule has 1 aromatic rings. The highest BCUT2D eigenvalue weighted by molar-refractivity contribution is 9.10. The summed E-state index contributed by atoms with van der Waals surface area (Å²) in [6.45, 7) is 3.56. The lowest BCUT2D eigenvalue weighted by atomic mass is 10.1. The van der Waals surface area contributed by atoms with Gasteiger partial charge < -0.3 is 10.2 Å². The van der Waals surface area contributed by atoms with E-state index in [0.717, 1.165) is 13.0 Å². The Morgan fingerprint density at radius 2 is 2.45 bits per heavy atom. The molecular weight excluding hydrogens is 328 g/mol. The molecule has 1 N–H and O–H groups in total. The number of pyridine rings is 1. The molecule has 1 aliphatic rings. The smallest absolute Gasteiger partial charge is 0.312 e. The maximum Gasteiger partial charge on any atom is 0.312 e. The minimum atomic E-state index is -0.462. The Morgan fingerprint density at radius 1 is 1.70 bits per heavy atom. The number of nitrogens with zero attached hydrogens (tertiary/aromatic N) is 3. The molecule has 0 aromatic carbocycles. The van der Waals surface area contributed by atoms with Crippen LogP contribution in [0.5, 0.6) is 0 Å². The lowest BCUT2D eigenvalue weighted by molar-refractivity contribution is -0.384. The van der Waals surface area contributed by atoms with Gasteiger partial charge in [-0.15, -0.1) is 0 Å². The Labute approximate surface area is 124 Å². The van der Waals surface area contributed by atoms with Crippen LogP contribution in [0.3, 0.4) is 0 Å². The third kappa shape index (κ3) is 3.44. The maximum absolute atomic E-state index is 11.2. The van der Waals surface area contributed by atoms with Crippen molar-refractivity contribution in [2.75, 3.05) is 25.0 Å². The number of amides is 1. The van der Waals surface area contributed by atoms with Gasteiger partial charge in [0.25, 0.3) is 0 Å². The first-order valence-corrected chi connectivity index (χ1v) is 7.06. The zero-order valence-electron chi connectivity index (χ0n) is 11.0. The number of nitro groups is 1. The van der Waals surface area contributed by atoms with E-state index in [1.807, 2.05) is 0 Å². The number of rotatable bonds is 4. The van der Waals surface area contributed by atoms with Gasteiger partial charge in [-0.3, -0.25) is 14.9 Å². The first-order valence-electron chi connectivity index (χ1n) is 6.26. The average Bonchev–Trinajstić information content (AvgIpc) is 2.86. The number of hydrogen-bond donors (Lipinski definition) is 1. The number of carbonyl (C=O) groups is 1. The number of halogens is 1. The molecule has 1 saturated heterocycles. The molecule has 0 radical (unpaired) electrons. The highest BCUT2D eigenvalue weighted by atomic mass is 79.9. The van der Waals surface area contributed by atoms with Gasteiger partial charge in [-0.2, -0.15) is 0 Å². The zero-order valence-corrected chi connectivity index (χ0v) is 12.6. The first-order chi connectivity index (χ1) is 9.47.